The summed E-state index contributed by atoms with van der Waals surface area (Å²) in [4.78, 5) is 33.0. The predicted molar refractivity (Wildman–Crippen MR) is 128 cm³/mol. The smallest absolute Gasteiger partial charge is 0.305 e. The van der Waals surface area contributed by atoms with Gasteiger partial charge in [0.1, 0.15) is 17.2 Å². The van der Waals surface area contributed by atoms with Gasteiger partial charge in [0.05, 0.1) is 31.9 Å². The number of nitrogens with zero attached hydrogens (tertiary/aromatic N) is 1. The molecule has 0 saturated carbocycles. The fraction of sp³-hybridized carbons (Fsp3) is 0.346. The topological polar surface area (TPSA) is 92.8 Å². The molecule has 0 fully saturated rings. The van der Waals surface area contributed by atoms with Crippen LogP contribution in [0.5, 0.6) is 0 Å². The second kappa shape index (κ2) is 9.48. The van der Waals surface area contributed by atoms with Gasteiger partial charge in [-0.05, 0) is 49.6 Å². The van der Waals surface area contributed by atoms with E-state index in [2.05, 4.69) is 16.4 Å². The van der Waals surface area contributed by atoms with Crippen LogP contribution in [0.15, 0.2) is 52.9 Å². The number of hydrogen-bond acceptors (Lipinski definition) is 6. The average Bonchev–Trinajstić information content (AvgIpc) is 3.48. The summed E-state index contributed by atoms with van der Waals surface area (Å²) < 4.78 is 10.3. The number of aryl methyl sites for hydroxylation is 2. The molecule has 0 bridgehead atoms. The Bertz CT molecular complexity index is 1170. The molecule has 7 heteroatoms. The number of aromatic nitrogens is 1. The summed E-state index contributed by atoms with van der Waals surface area (Å²) in [5, 5.41) is 3.48. The number of Topliss-reactive ketones (excluding diaryl/α,β-unsaturated/α-hetero) is 1. The van der Waals surface area contributed by atoms with Gasteiger partial charge < -0.3 is 19.8 Å². The van der Waals surface area contributed by atoms with Crippen LogP contribution in [0.1, 0.15) is 47.7 Å². The van der Waals surface area contributed by atoms with Crippen molar-refractivity contribution in [2.45, 2.75) is 45.1 Å². The van der Waals surface area contributed by atoms with Gasteiger partial charge in [-0.3, -0.25) is 9.59 Å². The molecular formula is C26H29N3O4. The fourth-order valence-corrected chi connectivity index (χ4v) is 4.50. The van der Waals surface area contributed by atoms with Gasteiger partial charge in [-0.1, -0.05) is 18.2 Å². The maximum atomic E-state index is 13.3. The Labute approximate surface area is 193 Å². The number of ether oxygens (including phenoxy) is 2. The summed E-state index contributed by atoms with van der Waals surface area (Å²) >= 11 is 0. The lowest BCUT2D eigenvalue weighted by Crippen LogP contribution is -2.33. The largest absolute Gasteiger partial charge is 0.494 e. The lowest BCUT2D eigenvalue weighted by atomic mass is 9.86. The van der Waals surface area contributed by atoms with Crippen LogP contribution in [-0.4, -0.2) is 42.7 Å². The van der Waals surface area contributed by atoms with Crippen molar-refractivity contribution in [2.24, 2.45) is 4.99 Å². The van der Waals surface area contributed by atoms with Crippen molar-refractivity contribution in [1.82, 2.24) is 4.98 Å². The Kier molecular flexibility index (Phi) is 6.49. The molecule has 0 spiro atoms. The molecule has 0 saturated heterocycles. The lowest BCUT2D eigenvalue weighted by Gasteiger charge is -2.18. The molecule has 172 valence electrons. The number of ketones is 1. The monoisotopic (exact) mass is 447 g/mol. The van der Waals surface area contributed by atoms with Crippen LogP contribution < -0.4 is 5.32 Å². The Morgan fingerprint density at radius 2 is 1.94 bits per heavy atom. The normalized spacial score (nSPS) is 20.2. The first-order chi connectivity index (χ1) is 15.9. The molecule has 7 nitrogen and oxygen atoms in total. The van der Waals surface area contributed by atoms with E-state index in [0.29, 0.717) is 24.3 Å². The van der Waals surface area contributed by atoms with Crippen LogP contribution in [0.3, 0.4) is 0 Å². The highest BCUT2D eigenvalue weighted by Crippen LogP contribution is 2.40. The molecule has 2 aromatic rings. The van der Waals surface area contributed by atoms with E-state index < -0.39 is 0 Å². The number of nitrogens with one attached hydrogen (secondary N) is 2. The molecule has 3 heterocycles. The van der Waals surface area contributed by atoms with Crippen molar-refractivity contribution in [3.05, 3.63) is 70.4 Å². The number of rotatable bonds is 8. The standard InChI is InChI=1S/C26H29N3O4/c1-15-12-16(2)27-19(15)13-20-23(32-3)14-21(28-20)26-25(17-8-5-6-9-18(17)29-26)22(30)10-7-11-24(31)33-4/h5-6,8-9,12-14,25-27,29H,7,10-11H2,1-4H3/b20-13-. The van der Waals surface area contributed by atoms with Crippen LogP contribution in [0.25, 0.3) is 6.08 Å². The molecule has 33 heavy (non-hydrogen) atoms. The number of carbonyl (C=O) groups is 2. The van der Waals surface area contributed by atoms with Crippen molar-refractivity contribution in [3.8, 4) is 0 Å². The minimum atomic E-state index is -0.388. The summed E-state index contributed by atoms with van der Waals surface area (Å²) in [6.07, 6.45) is 4.85. The first-order valence-electron chi connectivity index (χ1n) is 11.1. The number of aliphatic imine (C=N–C) groups is 1. The molecule has 0 radical (unpaired) electrons. The first-order valence-corrected chi connectivity index (χ1v) is 11.1. The van der Waals surface area contributed by atoms with Crippen molar-refractivity contribution >= 4 is 29.2 Å². The van der Waals surface area contributed by atoms with E-state index in [1.807, 2.05) is 50.3 Å². The minimum absolute atomic E-state index is 0.0738. The zero-order chi connectivity index (χ0) is 23.5. The maximum Gasteiger partial charge on any atom is 0.305 e. The number of esters is 1. The summed E-state index contributed by atoms with van der Waals surface area (Å²) in [5.41, 5.74) is 6.53. The first kappa shape index (κ1) is 22.6. The van der Waals surface area contributed by atoms with Crippen LogP contribution in [0, 0.1) is 13.8 Å². The van der Waals surface area contributed by atoms with Crippen LogP contribution in [0.2, 0.25) is 0 Å². The van der Waals surface area contributed by atoms with Gasteiger partial charge in [0.25, 0.3) is 0 Å². The highest BCUT2D eigenvalue weighted by molar-refractivity contribution is 6.10. The highest BCUT2D eigenvalue weighted by atomic mass is 16.5. The number of anilines is 1. The summed E-state index contributed by atoms with van der Waals surface area (Å²) in [5.74, 6) is 0.0403. The predicted octanol–water partition coefficient (Wildman–Crippen LogP) is 4.45. The van der Waals surface area contributed by atoms with Gasteiger partial charge in [-0.25, -0.2) is 4.99 Å². The van der Waals surface area contributed by atoms with Gasteiger partial charge in [0, 0.05) is 36.0 Å². The van der Waals surface area contributed by atoms with Crippen molar-refractivity contribution in [2.75, 3.05) is 19.5 Å². The Morgan fingerprint density at radius 1 is 1.15 bits per heavy atom. The van der Waals surface area contributed by atoms with E-state index in [1.54, 1.807) is 7.11 Å². The van der Waals surface area contributed by atoms with Gasteiger partial charge >= 0.3 is 5.97 Å². The molecule has 2 N–H and O–H groups in total. The van der Waals surface area contributed by atoms with Crippen LogP contribution in [-0.2, 0) is 19.1 Å². The molecule has 2 aliphatic heterocycles. The van der Waals surface area contributed by atoms with Gasteiger partial charge in [0.15, 0.2) is 0 Å². The second-order valence-electron chi connectivity index (χ2n) is 8.41. The highest BCUT2D eigenvalue weighted by Gasteiger charge is 2.40. The van der Waals surface area contributed by atoms with Gasteiger partial charge in [0.2, 0.25) is 0 Å². The van der Waals surface area contributed by atoms with E-state index in [4.69, 9.17) is 14.5 Å². The average molecular weight is 448 g/mol. The molecule has 2 aliphatic rings. The summed E-state index contributed by atoms with van der Waals surface area (Å²) in [7, 11) is 2.98. The Morgan fingerprint density at radius 3 is 2.64 bits per heavy atom. The maximum absolute atomic E-state index is 13.3. The quantitative estimate of drug-likeness (QED) is 0.584. The molecule has 2 atom stereocenters. The summed E-state index contributed by atoms with van der Waals surface area (Å²) in [6.45, 7) is 4.06. The molecule has 1 aromatic heterocycles. The number of hydrogen-bond donors (Lipinski definition) is 2. The van der Waals surface area contributed by atoms with Crippen molar-refractivity contribution in [3.63, 3.8) is 0 Å². The fourth-order valence-electron chi connectivity index (χ4n) is 4.50. The van der Waals surface area contributed by atoms with Crippen molar-refractivity contribution in [1.29, 1.82) is 0 Å². The number of para-hydroxylation sites is 1. The third-order valence-corrected chi connectivity index (χ3v) is 6.11. The van der Waals surface area contributed by atoms with Crippen molar-refractivity contribution < 1.29 is 19.1 Å². The van der Waals surface area contributed by atoms with E-state index >= 15 is 0 Å². The molecular weight excluding hydrogens is 418 g/mol. The number of aromatic amines is 1. The summed E-state index contributed by atoms with van der Waals surface area (Å²) in [6, 6.07) is 9.61. The van der Waals surface area contributed by atoms with E-state index in [-0.39, 0.29) is 30.1 Å². The van der Waals surface area contributed by atoms with E-state index in [9.17, 15) is 9.59 Å². The lowest BCUT2D eigenvalue weighted by molar-refractivity contribution is -0.140. The number of fused-ring (bicyclic) bond motifs is 1. The van der Waals surface area contributed by atoms with Crippen LogP contribution >= 0.6 is 0 Å². The third kappa shape index (κ3) is 4.62. The second-order valence-corrected chi connectivity index (χ2v) is 8.41. The number of H-pyrrole nitrogens is 1. The zero-order valence-corrected chi connectivity index (χ0v) is 19.4. The molecule has 2 unspecified atom stereocenters. The van der Waals surface area contributed by atoms with E-state index in [1.165, 1.54) is 7.11 Å². The SMILES string of the molecule is COC(=O)CCCC(=O)C1c2ccccc2NC1C1=N/C(=C\c2[nH]c(C)cc2C)C(OC)=C1. The molecule has 0 amide bonds. The van der Waals surface area contributed by atoms with Gasteiger partial charge in [-0.15, -0.1) is 0 Å². The number of benzene rings is 1. The molecule has 0 aliphatic carbocycles. The third-order valence-electron chi connectivity index (χ3n) is 6.11. The van der Waals surface area contributed by atoms with Crippen LogP contribution in [0.4, 0.5) is 5.69 Å². The number of carbonyl (C=O) groups excluding carboxylic acids is 2. The minimum Gasteiger partial charge on any atom is -0.494 e. The number of methoxy groups -OCH3 is 2. The molecule has 4 rings (SSSR count). The Balaban J connectivity index is 1.63. The molecule has 1 aromatic carbocycles. The Hall–Kier alpha value is -3.61. The van der Waals surface area contributed by atoms with E-state index in [0.717, 1.165) is 33.9 Å². The van der Waals surface area contributed by atoms with Gasteiger partial charge in [-0.2, -0.15) is 0 Å². The zero-order valence-electron chi connectivity index (χ0n) is 19.4.